The van der Waals surface area contributed by atoms with Crippen LogP contribution in [0.5, 0.6) is 0 Å². The second kappa shape index (κ2) is 5.22. The topological polar surface area (TPSA) is 12.0 Å². The Bertz CT molecular complexity index is 336. The average Bonchev–Trinajstić information content (AvgIpc) is 2.65. The van der Waals surface area contributed by atoms with E-state index in [0.717, 1.165) is 5.92 Å². The summed E-state index contributed by atoms with van der Waals surface area (Å²) in [6, 6.07) is 11.6. The van der Waals surface area contributed by atoms with Crippen LogP contribution in [0.3, 0.4) is 0 Å². The smallest absolute Gasteiger partial charge is 0.0104 e. The van der Waals surface area contributed by atoms with E-state index < -0.39 is 0 Å². The summed E-state index contributed by atoms with van der Waals surface area (Å²) >= 11 is 0. The molecular weight excluding hydrogens is 206 g/mol. The Kier molecular flexibility index (Phi) is 3.88. The van der Waals surface area contributed by atoms with Crippen molar-refractivity contribution in [2.45, 2.75) is 46.1 Å². The van der Waals surface area contributed by atoms with Gasteiger partial charge in [0.1, 0.15) is 0 Å². The number of rotatable bonds is 3. The van der Waals surface area contributed by atoms with Crippen LogP contribution in [0.2, 0.25) is 0 Å². The number of benzene rings is 1. The van der Waals surface area contributed by atoms with Gasteiger partial charge in [-0.15, -0.1) is 0 Å². The van der Waals surface area contributed by atoms with E-state index >= 15 is 0 Å². The molecule has 0 bridgehead atoms. The Balaban J connectivity index is 1.96. The van der Waals surface area contributed by atoms with Crippen LogP contribution in [0.4, 0.5) is 0 Å². The second-order valence-corrected chi connectivity index (χ2v) is 6.56. The van der Waals surface area contributed by atoms with Crippen LogP contribution in [-0.4, -0.2) is 12.6 Å². The van der Waals surface area contributed by atoms with Gasteiger partial charge in [0.15, 0.2) is 0 Å². The highest BCUT2D eigenvalue weighted by atomic mass is 15.0. The molecule has 17 heavy (non-hydrogen) atoms. The lowest BCUT2D eigenvalue weighted by Gasteiger charge is -2.27. The highest BCUT2D eigenvalue weighted by Gasteiger charge is 2.30. The van der Waals surface area contributed by atoms with Crippen LogP contribution >= 0.6 is 0 Å². The highest BCUT2D eigenvalue weighted by Crippen LogP contribution is 2.30. The normalized spacial score (nSPS) is 25.1. The molecule has 1 heterocycles. The molecule has 1 aliphatic heterocycles. The van der Waals surface area contributed by atoms with Crippen molar-refractivity contribution < 1.29 is 0 Å². The van der Waals surface area contributed by atoms with Crippen molar-refractivity contribution in [2.75, 3.05) is 6.54 Å². The molecule has 0 saturated carbocycles. The highest BCUT2D eigenvalue weighted by molar-refractivity contribution is 5.16. The fourth-order valence-corrected chi connectivity index (χ4v) is 2.88. The average molecular weight is 231 g/mol. The first-order valence-electron chi connectivity index (χ1n) is 6.82. The van der Waals surface area contributed by atoms with E-state index in [1.54, 1.807) is 0 Å². The van der Waals surface area contributed by atoms with Gasteiger partial charge in [0.05, 0.1) is 0 Å². The van der Waals surface area contributed by atoms with Gasteiger partial charge in [-0.2, -0.15) is 0 Å². The van der Waals surface area contributed by atoms with E-state index in [4.69, 9.17) is 0 Å². The SMILES string of the molecule is CC(C)(C)CC1NCCC1Cc1ccccc1. The molecule has 0 radical (unpaired) electrons. The minimum Gasteiger partial charge on any atom is -0.314 e. The molecule has 2 unspecified atom stereocenters. The van der Waals surface area contributed by atoms with Crippen molar-refractivity contribution in [1.82, 2.24) is 5.32 Å². The third kappa shape index (κ3) is 3.85. The fourth-order valence-electron chi connectivity index (χ4n) is 2.88. The second-order valence-electron chi connectivity index (χ2n) is 6.56. The predicted molar refractivity (Wildman–Crippen MR) is 74.1 cm³/mol. The van der Waals surface area contributed by atoms with Gasteiger partial charge < -0.3 is 5.32 Å². The minimum absolute atomic E-state index is 0.428. The summed E-state index contributed by atoms with van der Waals surface area (Å²) in [4.78, 5) is 0. The van der Waals surface area contributed by atoms with Gasteiger partial charge >= 0.3 is 0 Å². The standard InChI is InChI=1S/C16H25N/c1-16(2,3)12-15-14(9-10-17-15)11-13-7-5-4-6-8-13/h4-8,14-15,17H,9-12H2,1-3H3. The summed E-state index contributed by atoms with van der Waals surface area (Å²) in [7, 11) is 0. The molecular formula is C16H25N. The van der Waals surface area contributed by atoms with Crippen molar-refractivity contribution in [3.63, 3.8) is 0 Å². The van der Waals surface area contributed by atoms with Crippen molar-refractivity contribution in [2.24, 2.45) is 11.3 Å². The summed E-state index contributed by atoms with van der Waals surface area (Å²) in [5, 5.41) is 3.68. The van der Waals surface area contributed by atoms with Gasteiger partial charge in [-0.25, -0.2) is 0 Å². The van der Waals surface area contributed by atoms with Crippen LogP contribution in [0.25, 0.3) is 0 Å². The summed E-state index contributed by atoms with van der Waals surface area (Å²) in [6.07, 6.45) is 3.84. The zero-order chi connectivity index (χ0) is 12.3. The predicted octanol–water partition coefficient (Wildman–Crippen LogP) is 3.64. The van der Waals surface area contributed by atoms with Gasteiger partial charge in [-0.1, -0.05) is 51.1 Å². The Hall–Kier alpha value is -0.820. The lowest BCUT2D eigenvalue weighted by molar-refractivity contribution is 0.285. The molecule has 0 aromatic heterocycles. The first-order valence-corrected chi connectivity index (χ1v) is 6.82. The monoisotopic (exact) mass is 231 g/mol. The maximum Gasteiger partial charge on any atom is 0.0104 e. The van der Waals surface area contributed by atoms with Crippen LogP contribution in [0.1, 0.15) is 39.2 Å². The molecule has 1 aliphatic rings. The molecule has 0 spiro atoms. The third-order valence-corrected chi connectivity index (χ3v) is 3.66. The van der Waals surface area contributed by atoms with Crippen LogP contribution in [0, 0.1) is 11.3 Å². The molecule has 0 amide bonds. The van der Waals surface area contributed by atoms with Gasteiger partial charge in [0.25, 0.3) is 0 Å². The molecule has 1 heteroatoms. The van der Waals surface area contributed by atoms with Crippen LogP contribution < -0.4 is 5.32 Å². The van der Waals surface area contributed by atoms with Crippen molar-refractivity contribution in [1.29, 1.82) is 0 Å². The molecule has 1 nitrogen and oxygen atoms in total. The number of hydrogen-bond donors (Lipinski definition) is 1. The molecule has 1 aromatic carbocycles. The summed E-state index contributed by atoms with van der Waals surface area (Å²) < 4.78 is 0. The zero-order valence-electron chi connectivity index (χ0n) is 11.4. The molecule has 2 atom stereocenters. The maximum absolute atomic E-state index is 3.68. The van der Waals surface area contributed by atoms with Gasteiger partial charge in [0.2, 0.25) is 0 Å². The Morgan fingerprint density at radius 2 is 1.88 bits per heavy atom. The first-order chi connectivity index (χ1) is 8.04. The van der Waals surface area contributed by atoms with Crippen LogP contribution in [-0.2, 0) is 6.42 Å². The molecule has 1 aromatic rings. The van der Waals surface area contributed by atoms with E-state index in [2.05, 4.69) is 56.4 Å². The largest absolute Gasteiger partial charge is 0.314 e. The Morgan fingerprint density at radius 3 is 2.53 bits per heavy atom. The van der Waals surface area contributed by atoms with E-state index in [1.807, 2.05) is 0 Å². The lowest BCUT2D eigenvalue weighted by atomic mass is 9.82. The van der Waals surface area contributed by atoms with E-state index in [1.165, 1.54) is 31.4 Å². The summed E-state index contributed by atoms with van der Waals surface area (Å²) in [5.74, 6) is 0.816. The maximum atomic E-state index is 3.68. The molecule has 2 rings (SSSR count). The molecule has 1 fully saturated rings. The molecule has 94 valence electrons. The molecule has 1 N–H and O–H groups in total. The molecule has 1 saturated heterocycles. The Labute approximate surface area is 106 Å². The van der Waals surface area contributed by atoms with Crippen molar-refractivity contribution >= 4 is 0 Å². The van der Waals surface area contributed by atoms with E-state index in [0.29, 0.717) is 11.5 Å². The first kappa shape index (κ1) is 12.6. The van der Waals surface area contributed by atoms with Crippen molar-refractivity contribution in [3.05, 3.63) is 35.9 Å². The van der Waals surface area contributed by atoms with Crippen LogP contribution in [0.15, 0.2) is 30.3 Å². The van der Waals surface area contributed by atoms with Gasteiger partial charge in [-0.3, -0.25) is 0 Å². The minimum atomic E-state index is 0.428. The number of nitrogens with one attached hydrogen (secondary N) is 1. The van der Waals surface area contributed by atoms with Gasteiger partial charge in [-0.05, 0) is 42.7 Å². The van der Waals surface area contributed by atoms with E-state index in [9.17, 15) is 0 Å². The van der Waals surface area contributed by atoms with Gasteiger partial charge in [0, 0.05) is 6.04 Å². The summed E-state index contributed by atoms with van der Waals surface area (Å²) in [6.45, 7) is 8.21. The fraction of sp³-hybridized carbons (Fsp3) is 0.625. The Morgan fingerprint density at radius 1 is 1.18 bits per heavy atom. The quantitative estimate of drug-likeness (QED) is 0.837. The zero-order valence-corrected chi connectivity index (χ0v) is 11.4. The molecule has 0 aliphatic carbocycles. The van der Waals surface area contributed by atoms with E-state index in [-0.39, 0.29) is 0 Å². The summed E-state index contributed by atoms with van der Waals surface area (Å²) in [5.41, 5.74) is 1.91. The van der Waals surface area contributed by atoms with Crippen molar-refractivity contribution in [3.8, 4) is 0 Å². The lowest BCUT2D eigenvalue weighted by Crippen LogP contribution is -2.32. The third-order valence-electron chi connectivity index (χ3n) is 3.66. The number of hydrogen-bond acceptors (Lipinski definition) is 1.